The molecule has 0 aliphatic carbocycles. The molecule has 0 fully saturated rings. The third kappa shape index (κ3) is 3.86. The lowest BCUT2D eigenvalue weighted by Crippen LogP contribution is -2.43. The van der Waals surface area contributed by atoms with Crippen LogP contribution in [0.15, 0.2) is 30.3 Å². The lowest BCUT2D eigenvalue weighted by Gasteiger charge is -2.24. The second-order valence-electron chi connectivity index (χ2n) is 4.17. The number of hydrogen-bond donors (Lipinski definition) is 1. The maximum absolute atomic E-state index is 12.2. The van der Waals surface area contributed by atoms with Crippen LogP contribution in [-0.4, -0.2) is 18.5 Å². The SMILES string of the molecule is CCCC[C@H](N)C(=O)N(CC)c1ccccc1. The fourth-order valence-electron chi connectivity index (χ4n) is 1.82. The quantitative estimate of drug-likeness (QED) is 0.822. The van der Waals surface area contributed by atoms with E-state index in [9.17, 15) is 4.79 Å². The Morgan fingerprint density at radius 3 is 2.47 bits per heavy atom. The molecule has 1 rings (SSSR count). The number of hydrogen-bond acceptors (Lipinski definition) is 2. The highest BCUT2D eigenvalue weighted by Gasteiger charge is 2.20. The fourth-order valence-corrected chi connectivity index (χ4v) is 1.82. The van der Waals surface area contributed by atoms with Crippen molar-refractivity contribution in [3.8, 4) is 0 Å². The van der Waals surface area contributed by atoms with E-state index in [2.05, 4.69) is 6.92 Å². The Morgan fingerprint density at radius 1 is 1.29 bits per heavy atom. The summed E-state index contributed by atoms with van der Waals surface area (Å²) in [4.78, 5) is 13.9. The molecule has 0 bridgehead atoms. The third-order valence-corrected chi connectivity index (χ3v) is 2.84. The topological polar surface area (TPSA) is 46.3 Å². The van der Waals surface area contributed by atoms with Crippen LogP contribution in [0.5, 0.6) is 0 Å². The monoisotopic (exact) mass is 234 g/mol. The third-order valence-electron chi connectivity index (χ3n) is 2.84. The van der Waals surface area contributed by atoms with Gasteiger partial charge in [-0.2, -0.15) is 0 Å². The molecule has 2 N–H and O–H groups in total. The number of carbonyl (C=O) groups excluding carboxylic acids is 1. The van der Waals surface area contributed by atoms with Gasteiger partial charge in [0.2, 0.25) is 5.91 Å². The molecule has 0 heterocycles. The first-order valence-electron chi connectivity index (χ1n) is 6.32. The normalized spacial score (nSPS) is 12.2. The van der Waals surface area contributed by atoms with Gasteiger partial charge in [-0.15, -0.1) is 0 Å². The predicted octanol–water partition coefficient (Wildman–Crippen LogP) is 2.56. The number of nitrogens with zero attached hydrogens (tertiary/aromatic N) is 1. The number of amides is 1. The minimum absolute atomic E-state index is 0.0205. The van der Waals surface area contributed by atoms with Crippen molar-refractivity contribution in [2.75, 3.05) is 11.4 Å². The Kier molecular flexibility index (Phi) is 5.70. The van der Waals surface area contributed by atoms with Gasteiger partial charge in [0.25, 0.3) is 0 Å². The first-order chi connectivity index (χ1) is 8.20. The molecule has 94 valence electrons. The molecular weight excluding hydrogens is 212 g/mol. The van der Waals surface area contributed by atoms with Crippen LogP contribution in [-0.2, 0) is 4.79 Å². The minimum Gasteiger partial charge on any atom is -0.320 e. The van der Waals surface area contributed by atoms with Crippen LogP contribution in [0.1, 0.15) is 33.1 Å². The highest BCUT2D eigenvalue weighted by Crippen LogP contribution is 2.15. The molecule has 0 saturated carbocycles. The highest BCUT2D eigenvalue weighted by atomic mass is 16.2. The number of anilines is 1. The maximum atomic E-state index is 12.2. The van der Waals surface area contributed by atoms with E-state index in [-0.39, 0.29) is 11.9 Å². The number of rotatable bonds is 6. The smallest absolute Gasteiger partial charge is 0.243 e. The van der Waals surface area contributed by atoms with Crippen molar-refractivity contribution < 1.29 is 4.79 Å². The largest absolute Gasteiger partial charge is 0.320 e. The van der Waals surface area contributed by atoms with Crippen molar-refractivity contribution in [2.45, 2.75) is 39.2 Å². The van der Waals surface area contributed by atoms with Crippen molar-refractivity contribution in [2.24, 2.45) is 5.73 Å². The van der Waals surface area contributed by atoms with Crippen molar-refractivity contribution >= 4 is 11.6 Å². The van der Waals surface area contributed by atoms with Gasteiger partial charge in [0.1, 0.15) is 0 Å². The Morgan fingerprint density at radius 2 is 1.94 bits per heavy atom. The first-order valence-corrected chi connectivity index (χ1v) is 6.32. The molecule has 0 aromatic heterocycles. The highest BCUT2D eigenvalue weighted by molar-refractivity contribution is 5.96. The zero-order valence-corrected chi connectivity index (χ0v) is 10.7. The molecule has 0 spiro atoms. The van der Waals surface area contributed by atoms with Crippen LogP contribution in [0.4, 0.5) is 5.69 Å². The van der Waals surface area contributed by atoms with E-state index in [0.29, 0.717) is 6.54 Å². The fraction of sp³-hybridized carbons (Fsp3) is 0.500. The predicted molar refractivity (Wildman–Crippen MR) is 72.0 cm³/mol. The molecule has 1 aromatic carbocycles. The van der Waals surface area contributed by atoms with Crippen LogP contribution in [0.2, 0.25) is 0 Å². The van der Waals surface area contributed by atoms with Gasteiger partial charge in [-0.3, -0.25) is 4.79 Å². The van der Waals surface area contributed by atoms with Crippen molar-refractivity contribution in [3.63, 3.8) is 0 Å². The number of carbonyl (C=O) groups is 1. The summed E-state index contributed by atoms with van der Waals surface area (Å²) in [5, 5.41) is 0. The summed E-state index contributed by atoms with van der Waals surface area (Å²) >= 11 is 0. The van der Waals surface area contributed by atoms with Crippen LogP contribution >= 0.6 is 0 Å². The van der Waals surface area contributed by atoms with Gasteiger partial charge in [0.15, 0.2) is 0 Å². The molecule has 1 amide bonds. The van der Waals surface area contributed by atoms with Gasteiger partial charge in [-0.25, -0.2) is 0 Å². The summed E-state index contributed by atoms with van der Waals surface area (Å²) in [5.74, 6) is 0.0205. The van der Waals surface area contributed by atoms with Crippen molar-refractivity contribution in [1.82, 2.24) is 0 Å². The molecule has 0 aliphatic heterocycles. The first kappa shape index (κ1) is 13.7. The lowest BCUT2D eigenvalue weighted by molar-refractivity contribution is -0.119. The van der Waals surface area contributed by atoms with Crippen LogP contribution in [0.3, 0.4) is 0 Å². The Balaban J connectivity index is 2.71. The molecule has 0 saturated heterocycles. The van der Waals surface area contributed by atoms with Crippen molar-refractivity contribution in [1.29, 1.82) is 0 Å². The summed E-state index contributed by atoms with van der Waals surface area (Å²) < 4.78 is 0. The molecule has 0 radical (unpaired) electrons. The number of unbranched alkanes of at least 4 members (excludes halogenated alkanes) is 1. The molecular formula is C14H22N2O. The van der Waals surface area contributed by atoms with Gasteiger partial charge in [0.05, 0.1) is 6.04 Å². The van der Waals surface area contributed by atoms with E-state index >= 15 is 0 Å². The molecule has 1 atom stereocenters. The van der Waals surface area contributed by atoms with Crippen LogP contribution in [0, 0.1) is 0 Å². The standard InChI is InChI=1S/C14H22N2O/c1-3-5-11-13(15)14(17)16(4-2)12-9-7-6-8-10-12/h6-10,13H,3-5,11,15H2,1-2H3/t13-/m0/s1. The van der Waals surface area contributed by atoms with Crippen molar-refractivity contribution in [3.05, 3.63) is 30.3 Å². The van der Waals surface area contributed by atoms with E-state index in [1.54, 1.807) is 4.90 Å². The minimum atomic E-state index is -0.380. The van der Waals surface area contributed by atoms with Crippen LogP contribution in [0.25, 0.3) is 0 Å². The second kappa shape index (κ2) is 7.07. The van der Waals surface area contributed by atoms with Crippen LogP contribution < -0.4 is 10.6 Å². The average molecular weight is 234 g/mol. The van der Waals surface area contributed by atoms with E-state index in [1.165, 1.54) is 0 Å². The molecule has 3 heteroatoms. The van der Waals surface area contributed by atoms with Gasteiger partial charge in [0, 0.05) is 12.2 Å². The van der Waals surface area contributed by atoms with E-state index in [0.717, 1.165) is 24.9 Å². The number of likely N-dealkylation sites (N-methyl/N-ethyl adjacent to an activating group) is 1. The Labute approximate surface area is 104 Å². The van der Waals surface area contributed by atoms with Gasteiger partial charge >= 0.3 is 0 Å². The average Bonchev–Trinajstić information content (AvgIpc) is 2.38. The summed E-state index contributed by atoms with van der Waals surface area (Å²) in [6.45, 7) is 4.73. The Bertz CT molecular complexity index is 337. The lowest BCUT2D eigenvalue weighted by atomic mass is 10.1. The zero-order chi connectivity index (χ0) is 12.7. The summed E-state index contributed by atoms with van der Waals surface area (Å²) in [7, 11) is 0. The van der Waals surface area contributed by atoms with Gasteiger partial charge < -0.3 is 10.6 Å². The number of nitrogens with two attached hydrogens (primary N) is 1. The second-order valence-corrected chi connectivity index (χ2v) is 4.17. The zero-order valence-electron chi connectivity index (χ0n) is 10.7. The summed E-state index contributed by atoms with van der Waals surface area (Å²) in [6, 6.07) is 9.31. The van der Waals surface area contributed by atoms with E-state index in [1.807, 2.05) is 37.3 Å². The van der Waals surface area contributed by atoms with E-state index < -0.39 is 0 Å². The van der Waals surface area contributed by atoms with E-state index in [4.69, 9.17) is 5.73 Å². The molecule has 0 unspecified atom stereocenters. The molecule has 17 heavy (non-hydrogen) atoms. The summed E-state index contributed by atoms with van der Waals surface area (Å²) in [6.07, 6.45) is 2.83. The summed E-state index contributed by atoms with van der Waals surface area (Å²) in [5.41, 5.74) is 6.85. The molecule has 3 nitrogen and oxygen atoms in total. The number of para-hydroxylation sites is 1. The van der Waals surface area contributed by atoms with Gasteiger partial charge in [-0.05, 0) is 25.5 Å². The maximum Gasteiger partial charge on any atom is 0.243 e. The van der Waals surface area contributed by atoms with Gasteiger partial charge in [-0.1, -0.05) is 38.0 Å². The molecule has 0 aliphatic rings. The Hall–Kier alpha value is -1.35. The molecule has 1 aromatic rings. The number of benzene rings is 1.